The van der Waals surface area contributed by atoms with Crippen LogP contribution in [0.4, 0.5) is 5.69 Å². The molecule has 1 heterocycles. The predicted octanol–water partition coefficient (Wildman–Crippen LogP) is 3.62. The molecule has 0 spiro atoms. The van der Waals surface area contributed by atoms with E-state index in [9.17, 15) is 19.7 Å². The highest BCUT2D eigenvalue weighted by molar-refractivity contribution is 7.84. The van der Waals surface area contributed by atoms with Crippen LogP contribution in [0, 0.1) is 10.1 Å². The van der Waals surface area contributed by atoms with Crippen molar-refractivity contribution in [2.45, 2.75) is 53.3 Å². The van der Waals surface area contributed by atoms with Crippen LogP contribution in [0.25, 0.3) is 0 Å². The average molecular weight is 437 g/mol. The third-order valence-corrected chi connectivity index (χ3v) is 6.53. The third-order valence-electron chi connectivity index (χ3n) is 6.01. The lowest BCUT2D eigenvalue weighted by Gasteiger charge is -2.52. The standard InChI is InChI=1S/C21H29N3O5S/c1-5-17(30)20(22-18(13-19(22)25)24(6-2,7-3)8-4)21(26)29-14-15-9-11-16(12-10-15)23(27)28/h9-12,18H,5-8,13-14H2,1-4H3/p+1. The fourth-order valence-electron chi connectivity index (χ4n) is 3.87. The zero-order valence-electron chi connectivity index (χ0n) is 18.0. The second-order valence-corrected chi connectivity index (χ2v) is 7.80. The van der Waals surface area contributed by atoms with Crippen molar-refractivity contribution in [1.82, 2.24) is 4.90 Å². The number of nitro groups is 1. The lowest BCUT2D eigenvalue weighted by molar-refractivity contribution is -0.958. The van der Waals surface area contributed by atoms with Crippen LogP contribution in [0.3, 0.4) is 0 Å². The molecule has 1 unspecified atom stereocenters. The Balaban J connectivity index is 2.24. The van der Waals surface area contributed by atoms with Crippen molar-refractivity contribution in [1.29, 1.82) is 0 Å². The molecular weight excluding hydrogens is 406 g/mol. The molecule has 0 aromatic heterocycles. The number of thiol groups is 1. The molecule has 1 atom stereocenters. The van der Waals surface area contributed by atoms with Gasteiger partial charge in [0.15, 0.2) is 6.17 Å². The maximum atomic E-state index is 13.0. The Morgan fingerprint density at radius 1 is 1.20 bits per heavy atom. The van der Waals surface area contributed by atoms with E-state index in [1.807, 2.05) is 6.92 Å². The first-order valence-corrected chi connectivity index (χ1v) is 10.7. The Morgan fingerprint density at radius 2 is 1.77 bits per heavy atom. The molecule has 0 saturated carbocycles. The number of amides is 1. The van der Waals surface area contributed by atoms with Gasteiger partial charge in [-0.15, -0.1) is 12.6 Å². The van der Waals surface area contributed by atoms with Gasteiger partial charge in [-0.05, 0) is 44.9 Å². The van der Waals surface area contributed by atoms with Crippen LogP contribution in [0.2, 0.25) is 0 Å². The fourth-order valence-corrected chi connectivity index (χ4v) is 4.07. The van der Waals surface area contributed by atoms with Gasteiger partial charge in [-0.1, -0.05) is 6.92 Å². The number of rotatable bonds is 10. The van der Waals surface area contributed by atoms with Gasteiger partial charge in [0, 0.05) is 17.0 Å². The predicted molar refractivity (Wildman–Crippen MR) is 116 cm³/mol. The number of nitrogens with zero attached hydrogens (tertiary/aromatic N) is 3. The lowest BCUT2D eigenvalue weighted by atomic mass is 10.0. The van der Waals surface area contributed by atoms with Crippen molar-refractivity contribution in [3.63, 3.8) is 0 Å². The van der Waals surface area contributed by atoms with Gasteiger partial charge in [-0.3, -0.25) is 19.8 Å². The Labute approximate surface area is 182 Å². The van der Waals surface area contributed by atoms with Crippen LogP contribution < -0.4 is 0 Å². The zero-order valence-corrected chi connectivity index (χ0v) is 18.9. The van der Waals surface area contributed by atoms with Crippen molar-refractivity contribution in [3.05, 3.63) is 50.5 Å². The molecule has 0 radical (unpaired) electrons. The van der Waals surface area contributed by atoms with Gasteiger partial charge in [-0.25, -0.2) is 4.79 Å². The molecule has 164 valence electrons. The number of carbonyl (C=O) groups is 2. The highest BCUT2D eigenvalue weighted by Gasteiger charge is 2.52. The Morgan fingerprint density at radius 3 is 2.20 bits per heavy atom. The molecule has 0 bridgehead atoms. The van der Waals surface area contributed by atoms with Crippen LogP contribution in [0.1, 0.15) is 46.1 Å². The Hall–Kier alpha value is -2.39. The highest BCUT2D eigenvalue weighted by Crippen LogP contribution is 2.35. The first-order valence-electron chi connectivity index (χ1n) is 10.2. The zero-order chi connectivity index (χ0) is 22.5. The van der Waals surface area contributed by atoms with E-state index in [0.717, 1.165) is 19.6 Å². The maximum absolute atomic E-state index is 13.0. The highest BCUT2D eigenvalue weighted by atomic mass is 32.1. The molecule has 30 heavy (non-hydrogen) atoms. The summed E-state index contributed by atoms with van der Waals surface area (Å²) in [5, 5.41) is 10.8. The number of benzene rings is 1. The second-order valence-electron chi connectivity index (χ2n) is 7.26. The molecule has 8 nitrogen and oxygen atoms in total. The summed E-state index contributed by atoms with van der Waals surface area (Å²) in [5.74, 6) is -0.722. The molecule has 1 aromatic rings. The number of carbonyl (C=O) groups excluding carboxylic acids is 2. The summed E-state index contributed by atoms with van der Waals surface area (Å²) in [4.78, 5) is 37.9. The SMILES string of the molecule is CCC(S)=C(C(=O)OCc1ccc([N+](=O)[O-])cc1)N1C(=O)CC1[N+](CC)(CC)CC. The molecular formula is C21H30N3O5S+. The van der Waals surface area contributed by atoms with Gasteiger partial charge in [0.25, 0.3) is 5.69 Å². The van der Waals surface area contributed by atoms with Gasteiger partial charge >= 0.3 is 5.97 Å². The van der Waals surface area contributed by atoms with Crippen LogP contribution in [0.5, 0.6) is 0 Å². The number of hydrogen-bond donors (Lipinski definition) is 1. The van der Waals surface area contributed by atoms with Gasteiger partial charge in [-0.2, -0.15) is 0 Å². The molecule has 0 aliphatic carbocycles. The minimum atomic E-state index is -0.611. The maximum Gasteiger partial charge on any atom is 0.356 e. The van der Waals surface area contributed by atoms with Crippen molar-refractivity contribution in [3.8, 4) is 0 Å². The van der Waals surface area contributed by atoms with E-state index in [1.54, 1.807) is 17.0 Å². The monoisotopic (exact) mass is 436 g/mol. The van der Waals surface area contributed by atoms with E-state index >= 15 is 0 Å². The number of non-ortho nitro benzene ring substituents is 1. The number of allylic oxidation sites excluding steroid dienone is 1. The summed E-state index contributed by atoms with van der Waals surface area (Å²) in [6.45, 7) is 10.6. The number of likely N-dealkylation sites (tertiary alicyclic amines) is 1. The van der Waals surface area contributed by atoms with Crippen LogP contribution in [-0.2, 0) is 20.9 Å². The molecule has 1 saturated heterocycles. The number of nitro benzene ring substituents is 1. The second kappa shape index (κ2) is 10.1. The van der Waals surface area contributed by atoms with E-state index in [-0.39, 0.29) is 30.1 Å². The fraction of sp³-hybridized carbons (Fsp3) is 0.524. The van der Waals surface area contributed by atoms with Gasteiger partial charge in [0.05, 0.1) is 24.6 Å². The molecule has 1 amide bonds. The summed E-state index contributed by atoms with van der Waals surface area (Å²) in [6, 6.07) is 5.81. The van der Waals surface area contributed by atoms with E-state index < -0.39 is 10.9 Å². The van der Waals surface area contributed by atoms with Crippen LogP contribution >= 0.6 is 12.6 Å². The summed E-state index contributed by atoms with van der Waals surface area (Å²) >= 11 is 4.48. The van der Waals surface area contributed by atoms with Gasteiger partial charge in [0.2, 0.25) is 5.91 Å². The van der Waals surface area contributed by atoms with Crippen LogP contribution in [-0.4, -0.2) is 52.0 Å². The van der Waals surface area contributed by atoms with Crippen LogP contribution in [0.15, 0.2) is 34.9 Å². The van der Waals surface area contributed by atoms with E-state index in [0.29, 0.717) is 27.8 Å². The van der Waals surface area contributed by atoms with Gasteiger partial charge in [0.1, 0.15) is 18.7 Å². The number of ether oxygens (including phenoxy) is 1. The Kier molecular flexibility index (Phi) is 8.03. The van der Waals surface area contributed by atoms with Crippen molar-refractivity contribution >= 4 is 30.2 Å². The van der Waals surface area contributed by atoms with Crippen molar-refractivity contribution < 1.29 is 23.7 Å². The third kappa shape index (κ3) is 4.67. The largest absolute Gasteiger partial charge is 0.456 e. The molecule has 9 heteroatoms. The first-order chi connectivity index (χ1) is 14.2. The number of esters is 1. The minimum absolute atomic E-state index is 0.0314. The summed E-state index contributed by atoms with van der Waals surface area (Å²) < 4.78 is 6.17. The van der Waals surface area contributed by atoms with E-state index in [1.165, 1.54) is 12.1 Å². The van der Waals surface area contributed by atoms with E-state index in [2.05, 4.69) is 33.4 Å². The first kappa shape index (κ1) is 23.9. The Bertz CT molecular complexity index is 825. The molecule has 1 aliphatic heterocycles. The van der Waals surface area contributed by atoms with E-state index in [4.69, 9.17) is 4.74 Å². The van der Waals surface area contributed by atoms with Gasteiger partial charge < -0.3 is 9.22 Å². The molecule has 1 aliphatic rings. The minimum Gasteiger partial charge on any atom is -0.456 e. The smallest absolute Gasteiger partial charge is 0.356 e. The quantitative estimate of drug-likeness (QED) is 0.115. The molecule has 1 fully saturated rings. The summed E-state index contributed by atoms with van der Waals surface area (Å²) in [5.41, 5.74) is 0.788. The number of β-lactam (4-membered cyclic amide) rings is 1. The summed E-state index contributed by atoms with van der Waals surface area (Å²) in [7, 11) is 0. The molecule has 1 aromatic carbocycles. The number of hydrogen-bond acceptors (Lipinski definition) is 6. The molecule has 0 N–H and O–H groups in total. The number of quaternary nitrogens is 1. The average Bonchev–Trinajstić information content (AvgIpc) is 2.76. The lowest BCUT2D eigenvalue weighted by Crippen LogP contribution is -2.70. The topological polar surface area (TPSA) is 89.8 Å². The van der Waals surface area contributed by atoms with Crippen molar-refractivity contribution in [2.24, 2.45) is 0 Å². The van der Waals surface area contributed by atoms with Crippen molar-refractivity contribution in [2.75, 3.05) is 19.6 Å². The molecule has 2 rings (SSSR count). The normalized spacial score (nSPS) is 17.3. The summed E-state index contributed by atoms with van der Waals surface area (Å²) in [6.07, 6.45) is 0.763.